The molecule has 1 heterocycles. The first-order valence-electron chi connectivity index (χ1n) is 12.3. The third-order valence-electron chi connectivity index (χ3n) is 5.98. The van der Waals surface area contributed by atoms with E-state index in [0.717, 1.165) is 12.8 Å². The molecule has 0 fully saturated rings. The number of carboxylic acid groups (broad SMARTS) is 1. The number of pyridine rings is 1. The first kappa shape index (κ1) is 25.7. The number of carbonyl (C=O) groups is 1. The van der Waals surface area contributed by atoms with Crippen LogP contribution < -0.4 is 9.67 Å². The van der Waals surface area contributed by atoms with Crippen molar-refractivity contribution in [2.45, 2.75) is 122 Å². The number of hydrogen-bond acceptors (Lipinski definition) is 2. The van der Waals surface area contributed by atoms with Crippen LogP contribution in [0.25, 0.3) is 0 Å². The van der Waals surface area contributed by atoms with E-state index in [-0.39, 0.29) is 6.42 Å². The van der Waals surface area contributed by atoms with Crippen LogP contribution >= 0.6 is 0 Å². The van der Waals surface area contributed by atoms with E-state index in [2.05, 4.69) is 36.0 Å². The highest BCUT2D eigenvalue weighted by atomic mass is 16.4. The summed E-state index contributed by atoms with van der Waals surface area (Å²) in [6.07, 6.45) is 25.8. The highest BCUT2D eigenvalue weighted by Crippen LogP contribution is 2.14. The Balaban J connectivity index is 1.72. The highest BCUT2D eigenvalue weighted by Gasteiger charge is 2.03. The predicted octanol–water partition coefficient (Wildman–Crippen LogP) is 5.83. The van der Waals surface area contributed by atoms with E-state index in [1.807, 2.05) is 0 Å². The lowest BCUT2D eigenvalue weighted by Gasteiger charge is -2.04. The van der Waals surface area contributed by atoms with Gasteiger partial charge in [-0.1, -0.05) is 102 Å². The molecule has 3 nitrogen and oxygen atoms in total. The summed E-state index contributed by atoms with van der Waals surface area (Å²) in [5.74, 6) is -0.904. The average Bonchev–Trinajstić information content (AvgIpc) is 2.70. The van der Waals surface area contributed by atoms with E-state index in [0.29, 0.717) is 0 Å². The molecule has 1 aromatic heterocycles. The van der Waals surface area contributed by atoms with Gasteiger partial charge in [0.15, 0.2) is 11.9 Å². The Bertz CT molecular complexity index is 515. The van der Waals surface area contributed by atoms with Crippen LogP contribution in [0.3, 0.4) is 0 Å². The molecule has 1 rings (SSSR count). The van der Waals surface area contributed by atoms with Crippen molar-refractivity contribution in [1.82, 2.24) is 0 Å². The summed E-state index contributed by atoms with van der Waals surface area (Å²) in [7, 11) is 2.14. The van der Waals surface area contributed by atoms with Crippen LogP contribution in [0.1, 0.15) is 121 Å². The molecule has 0 saturated carbocycles. The molecule has 29 heavy (non-hydrogen) atoms. The molecule has 3 heteroatoms. The minimum Gasteiger partial charge on any atom is -0.550 e. The van der Waals surface area contributed by atoms with E-state index >= 15 is 0 Å². The molecular formula is C26H45NO2. The molecule has 0 unspecified atom stereocenters. The number of rotatable bonds is 20. The van der Waals surface area contributed by atoms with Crippen LogP contribution in [0.2, 0.25) is 0 Å². The Hall–Kier alpha value is -1.38. The molecule has 0 aliphatic rings. The summed E-state index contributed by atoms with van der Waals surface area (Å²) < 4.78 is 2.24. The zero-order valence-electron chi connectivity index (χ0n) is 19.0. The smallest absolute Gasteiger partial charge is 0.181 e. The number of hydrogen-bond donors (Lipinski definition) is 0. The molecule has 0 bridgehead atoms. The lowest BCUT2D eigenvalue weighted by Crippen LogP contribution is -2.32. The monoisotopic (exact) mass is 403 g/mol. The van der Waals surface area contributed by atoms with Crippen LogP contribution in [0.15, 0.2) is 24.4 Å². The Morgan fingerprint density at radius 2 is 1.10 bits per heavy atom. The summed E-state index contributed by atoms with van der Waals surface area (Å²) in [6, 6.07) is 6.47. The number of nitrogens with zero attached hydrogens (tertiary/aromatic N) is 1. The van der Waals surface area contributed by atoms with Gasteiger partial charge >= 0.3 is 0 Å². The molecule has 0 radical (unpaired) electrons. The second-order valence-electron chi connectivity index (χ2n) is 8.69. The number of aromatic nitrogens is 1. The van der Waals surface area contributed by atoms with Gasteiger partial charge in [0.1, 0.15) is 7.05 Å². The lowest BCUT2D eigenvalue weighted by atomic mass is 10.0. The molecular weight excluding hydrogens is 358 g/mol. The zero-order valence-corrected chi connectivity index (χ0v) is 19.0. The Morgan fingerprint density at radius 3 is 1.52 bits per heavy atom. The van der Waals surface area contributed by atoms with Crippen molar-refractivity contribution in [3.05, 3.63) is 30.1 Å². The number of aliphatic carboxylic acids is 1. The maximum atomic E-state index is 10.3. The average molecular weight is 404 g/mol. The molecule has 0 aliphatic carbocycles. The first-order valence-corrected chi connectivity index (χ1v) is 12.3. The van der Waals surface area contributed by atoms with Gasteiger partial charge in [0.25, 0.3) is 0 Å². The third-order valence-corrected chi connectivity index (χ3v) is 5.98. The number of aryl methyl sites for hydroxylation is 2. The normalized spacial score (nSPS) is 11.1. The van der Waals surface area contributed by atoms with Gasteiger partial charge in [0.05, 0.1) is 0 Å². The van der Waals surface area contributed by atoms with Crippen LogP contribution in [0, 0.1) is 0 Å². The minimum atomic E-state index is -0.904. The molecule has 166 valence electrons. The van der Waals surface area contributed by atoms with Gasteiger partial charge in [0.2, 0.25) is 0 Å². The van der Waals surface area contributed by atoms with Gasteiger partial charge in [-0.2, -0.15) is 0 Å². The van der Waals surface area contributed by atoms with Crippen molar-refractivity contribution in [1.29, 1.82) is 0 Å². The fourth-order valence-corrected chi connectivity index (χ4v) is 4.05. The quantitative estimate of drug-likeness (QED) is 0.203. The first-order chi connectivity index (χ1) is 14.2. The predicted molar refractivity (Wildman–Crippen MR) is 119 cm³/mol. The van der Waals surface area contributed by atoms with Crippen molar-refractivity contribution >= 4 is 5.97 Å². The summed E-state index contributed by atoms with van der Waals surface area (Å²) in [5, 5.41) is 10.3. The lowest BCUT2D eigenvalue weighted by molar-refractivity contribution is -0.679. The molecule has 0 aromatic carbocycles. The number of carboxylic acids is 1. The molecule has 0 atom stereocenters. The molecule has 1 aromatic rings. The Kier molecular flexibility index (Phi) is 16.5. The fourth-order valence-electron chi connectivity index (χ4n) is 4.05. The highest BCUT2D eigenvalue weighted by molar-refractivity contribution is 5.64. The molecule has 0 saturated heterocycles. The van der Waals surface area contributed by atoms with Gasteiger partial charge in [-0.05, 0) is 19.3 Å². The van der Waals surface area contributed by atoms with Crippen molar-refractivity contribution in [2.75, 3.05) is 0 Å². The van der Waals surface area contributed by atoms with E-state index < -0.39 is 5.97 Å². The van der Waals surface area contributed by atoms with Gasteiger partial charge < -0.3 is 9.90 Å². The zero-order chi connectivity index (χ0) is 21.0. The summed E-state index contributed by atoms with van der Waals surface area (Å²) in [5.41, 5.74) is 1.45. The largest absolute Gasteiger partial charge is 0.550 e. The van der Waals surface area contributed by atoms with Crippen LogP contribution in [0.4, 0.5) is 0 Å². The van der Waals surface area contributed by atoms with Crippen LogP contribution in [-0.4, -0.2) is 5.97 Å². The summed E-state index contributed by atoms with van der Waals surface area (Å²) in [4.78, 5) is 10.3. The van der Waals surface area contributed by atoms with E-state index in [9.17, 15) is 9.90 Å². The van der Waals surface area contributed by atoms with E-state index in [4.69, 9.17) is 0 Å². The maximum Gasteiger partial charge on any atom is 0.181 e. The van der Waals surface area contributed by atoms with E-state index in [1.54, 1.807) is 0 Å². The topological polar surface area (TPSA) is 44.0 Å². The summed E-state index contributed by atoms with van der Waals surface area (Å²) in [6.45, 7) is 0. The van der Waals surface area contributed by atoms with Crippen molar-refractivity contribution in [3.8, 4) is 0 Å². The third kappa shape index (κ3) is 16.1. The van der Waals surface area contributed by atoms with Gasteiger partial charge in [-0.25, -0.2) is 4.57 Å². The van der Waals surface area contributed by atoms with Gasteiger partial charge in [-0.3, -0.25) is 0 Å². The summed E-state index contributed by atoms with van der Waals surface area (Å²) >= 11 is 0. The second kappa shape index (κ2) is 18.6. The number of unbranched alkanes of at least 4 members (excludes halogenated alkanes) is 16. The number of carbonyl (C=O) groups excluding carboxylic acids is 1. The van der Waals surface area contributed by atoms with Gasteiger partial charge in [-0.15, -0.1) is 0 Å². The molecule has 0 spiro atoms. The SMILES string of the molecule is C[n+]1ccccc1CCCCCCCCCCCCCCCCCCCC(=O)[O-]. The minimum absolute atomic E-state index is 0.229. The Morgan fingerprint density at radius 1 is 0.690 bits per heavy atom. The van der Waals surface area contributed by atoms with Crippen molar-refractivity contribution in [2.24, 2.45) is 7.05 Å². The van der Waals surface area contributed by atoms with E-state index in [1.165, 1.54) is 108 Å². The van der Waals surface area contributed by atoms with Crippen molar-refractivity contribution < 1.29 is 14.5 Å². The molecule has 0 aliphatic heterocycles. The maximum absolute atomic E-state index is 10.3. The van der Waals surface area contributed by atoms with Gasteiger partial charge in [0, 0.05) is 24.5 Å². The molecule has 0 N–H and O–H groups in total. The van der Waals surface area contributed by atoms with Crippen molar-refractivity contribution in [3.63, 3.8) is 0 Å². The second-order valence-corrected chi connectivity index (χ2v) is 8.69. The fraction of sp³-hybridized carbons (Fsp3) is 0.769. The Labute approximate surface area is 179 Å². The standard InChI is InChI=1S/C26H45NO2/c1-27-24-20-19-22-25(27)21-17-15-13-11-9-7-5-3-2-4-6-8-10-12-14-16-18-23-26(28)29/h19-20,22,24H,2-18,21,23H2,1H3. The van der Waals surface area contributed by atoms with Crippen LogP contribution in [0.5, 0.6) is 0 Å². The molecule has 0 amide bonds. The van der Waals surface area contributed by atoms with Crippen LogP contribution in [-0.2, 0) is 18.3 Å².